The van der Waals surface area contributed by atoms with Crippen LogP contribution in [0.3, 0.4) is 0 Å². The SMILES string of the molecule is Cc1c(C#N)sc2nc(-c3ccc(O)c(O)c3)nc(N3CCOCC3)c12. The number of rotatable bonds is 2. The molecule has 8 heteroatoms. The third-order valence-corrected chi connectivity index (χ3v) is 5.51. The highest BCUT2D eigenvalue weighted by Crippen LogP contribution is 2.38. The molecule has 1 fully saturated rings. The first-order valence-corrected chi connectivity index (χ1v) is 8.96. The molecule has 0 spiro atoms. The number of anilines is 1. The molecule has 0 bridgehead atoms. The summed E-state index contributed by atoms with van der Waals surface area (Å²) in [6, 6.07) is 6.73. The smallest absolute Gasteiger partial charge is 0.163 e. The van der Waals surface area contributed by atoms with Gasteiger partial charge in [-0.25, -0.2) is 9.97 Å². The van der Waals surface area contributed by atoms with Gasteiger partial charge >= 0.3 is 0 Å². The van der Waals surface area contributed by atoms with E-state index < -0.39 is 0 Å². The van der Waals surface area contributed by atoms with Crippen molar-refractivity contribution in [2.24, 2.45) is 0 Å². The third-order valence-electron chi connectivity index (χ3n) is 4.42. The predicted octanol–water partition coefficient (Wildman–Crippen LogP) is 2.79. The van der Waals surface area contributed by atoms with Crippen molar-refractivity contribution < 1.29 is 14.9 Å². The predicted molar refractivity (Wildman–Crippen MR) is 98.7 cm³/mol. The fourth-order valence-electron chi connectivity index (χ4n) is 3.02. The van der Waals surface area contributed by atoms with Gasteiger partial charge in [-0.1, -0.05) is 0 Å². The van der Waals surface area contributed by atoms with Crippen LogP contribution in [0.2, 0.25) is 0 Å². The van der Waals surface area contributed by atoms with E-state index in [1.807, 2.05) is 6.92 Å². The minimum atomic E-state index is -0.223. The number of nitrogens with zero attached hydrogens (tertiary/aromatic N) is 4. The van der Waals surface area contributed by atoms with Gasteiger partial charge in [-0.2, -0.15) is 5.26 Å². The number of fused-ring (bicyclic) bond motifs is 1. The number of hydrogen-bond acceptors (Lipinski definition) is 8. The molecule has 7 nitrogen and oxygen atoms in total. The number of thiophene rings is 1. The average Bonchev–Trinajstić information content (AvgIpc) is 3.00. The molecule has 26 heavy (non-hydrogen) atoms. The summed E-state index contributed by atoms with van der Waals surface area (Å²) in [6.07, 6.45) is 0. The normalized spacial score (nSPS) is 14.5. The second-order valence-corrected chi connectivity index (χ2v) is 7.02. The van der Waals surface area contributed by atoms with Crippen molar-refractivity contribution in [3.05, 3.63) is 28.6 Å². The van der Waals surface area contributed by atoms with Gasteiger partial charge in [0.05, 0.1) is 18.6 Å². The number of phenolic OH excluding ortho intramolecular Hbond substituents is 2. The maximum Gasteiger partial charge on any atom is 0.163 e. The Morgan fingerprint density at radius 1 is 1.19 bits per heavy atom. The Hall–Kier alpha value is -2.89. The van der Waals surface area contributed by atoms with Gasteiger partial charge < -0.3 is 19.8 Å². The minimum Gasteiger partial charge on any atom is -0.504 e. The van der Waals surface area contributed by atoms with Crippen LogP contribution in [0.4, 0.5) is 5.82 Å². The van der Waals surface area contributed by atoms with Crippen molar-refractivity contribution in [1.82, 2.24) is 9.97 Å². The van der Waals surface area contributed by atoms with E-state index in [9.17, 15) is 15.5 Å². The Bertz CT molecular complexity index is 1040. The van der Waals surface area contributed by atoms with Crippen molar-refractivity contribution in [3.8, 4) is 29.0 Å². The maximum absolute atomic E-state index is 9.81. The molecular weight excluding hydrogens is 352 g/mol. The topological polar surface area (TPSA) is 102 Å². The van der Waals surface area contributed by atoms with Gasteiger partial charge in [-0.3, -0.25) is 0 Å². The number of hydrogen-bond donors (Lipinski definition) is 2. The van der Waals surface area contributed by atoms with E-state index in [1.54, 1.807) is 6.07 Å². The van der Waals surface area contributed by atoms with Crippen LogP contribution < -0.4 is 4.90 Å². The van der Waals surface area contributed by atoms with E-state index in [4.69, 9.17) is 9.72 Å². The Morgan fingerprint density at radius 2 is 1.96 bits per heavy atom. The minimum absolute atomic E-state index is 0.193. The first-order valence-electron chi connectivity index (χ1n) is 8.14. The largest absolute Gasteiger partial charge is 0.504 e. The van der Waals surface area contributed by atoms with E-state index >= 15 is 0 Å². The summed E-state index contributed by atoms with van der Waals surface area (Å²) < 4.78 is 5.44. The highest BCUT2D eigenvalue weighted by atomic mass is 32.1. The van der Waals surface area contributed by atoms with Crippen molar-refractivity contribution in [3.63, 3.8) is 0 Å². The summed E-state index contributed by atoms with van der Waals surface area (Å²) in [5, 5.41) is 29.6. The Kier molecular flexibility index (Phi) is 4.11. The van der Waals surface area contributed by atoms with Crippen molar-refractivity contribution in [1.29, 1.82) is 5.26 Å². The lowest BCUT2D eigenvalue weighted by Crippen LogP contribution is -2.37. The summed E-state index contributed by atoms with van der Waals surface area (Å²) in [6.45, 7) is 4.58. The molecule has 0 amide bonds. The first-order chi connectivity index (χ1) is 12.6. The molecular formula is C18H16N4O3S. The molecule has 0 unspecified atom stereocenters. The molecule has 1 aliphatic heterocycles. The zero-order valence-electron chi connectivity index (χ0n) is 14.1. The number of ether oxygens (including phenoxy) is 1. The molecule has 1 aliphatic rings. The van der Waals surface area contributed by atoms with Crippen molar-refractivity contribution >= 4 is 27.4 Å². The second-order valence-electron chi connectivity index (χ2n) is 6.02. The lowest BCUT2D eigenvalue weighted by atomic mass is 10.1. The molecule has 0 radical (unpaired) electrons. The Labute approximate surface area is 153 Å². The molecule has 132 valence electrons. The highest BCUT2D eigenvalue weighted by Gasteiger charge is 2.22. The molecule has 1 aromatic carbocycles. The van der Waals surface area contributed by atoms with E-state index in [0.29, 0.717) is 42.6 Å². The summed E-state index contributed by atoms with van der Waals surface area (Å²) in [4.78, 5) is 12.8. The maximum atomic E-state index is 9.81. The Morgan fingerprint density at radius 3 is 2.65 bits per heavy atom. The van der Waals surface area contributed by atoms with Gasteiger partial charge in [-0.05, 0) is 30.7 Å². The zero-order chi connectivity index (χ0) is 18.3. The molecule has 3 heterocycles. The molecule has 3 aromatic rings. The molecule has 0 atom stereocenters. The fraction of sp³-hybridized carbons (Fsp3) is 0.278. The van der Waals surface area contributed by atoms with Crippen molar-refractivity contribution in [2.45, 2.75) is 6.92 Å². The lowest BCUT2D eigenvalue weighted by molar-refractivity contribution is 0.122. The molecule has 0 aliphatic carbocycles. The van der Waals surface area contributed by atoms with Crippen LogP contribution in [0, 0.1) is 18.3 Å². The van der Waals surface area contributed by atoms with Crippen LogP contribution in [-0.4, -0.2) is 46.5 Å². The van der Waals surface area contributed by atoms with Crippen LogP contribution >= 0.6 is 11.3 Å². The number of phenols is 2. The molecule has 2 N–H and O–H groups in total. The van der Waals surface area contributed by atoms with Gasteiger partial charge in [0, 0.05) is 18.7 Å². The van der Waals surface area contributed by atoms with E-state index in [2.05, 4.69) is 16.0 Å². The van der Waals surface area contributed by atoms with E-state index in [-0.39, 0.29) is 11.5 Å². The summed E-state index contributed by atoms with van der Waals surface area (Å²) in [5.41, 5.74) is 1.48. The second kappa shape index (κ2) is 6.44. The average molecular weight is 368 g/mol. The number of aryl methyl sites for hydroxylation is 1. The third kappa shape index (κ3) is 2.71. The van der Waals surface area contributed by atoms with Crippen LogP contribution in [0.1, 0.15) is 10.4 Å². The monoisotopic (exact) mass is 368 g/mol. The zero-order valence-corrected chi connectivity index (χ0v) is 14.9. The van der Waals surface area contributed by atoms with Crippen molar-refractivity contribution in [2.75, 3.05) is 31.2 Å². The first kappa shape index (κ1) is 16.6. The number of morpholine rings is 1. The van der Waals surface area contributed by atoms with Crippen LogP contribution in [-0.2, 0) is 4.74 Å². The summed E-state index contributed by atoms with van der Waals surface area (Å²) in [7, 11) is 0. The molecule has 4 rings (SSSR count). The molecule has 2 aromatic heterocycles. The quantitative estimate of drug-likeness (QED) is 0.671. The number of benzene rings is 1. The van der Waals surface area contributed by atoms with Gasteiger partial charge in [0.15, 0.2) is 17.3 Å². The highest BCUT2D eigenvalue weighted by molar-refractivity contribution is 7.19. The lowest BCUT2D eigenvalue weighted by Gasteiger charge is -2.28. The van der Waals surface area contributed by atoms with E-state index in [1.165, 1.54) is 23.5 Å². The summed E-state index contributed by atoms with van der Waals surface area (Å²) in [5.74, 6) is 0.803. The van der Waals surface area contributed by atoms with Gasteiger partial charge in [0.2, 0.25) is 0 Å². The van der Waals surface area contributed by atoms with Gasteiger partial charge in [0.1, 0.15) is 21.6 Å². The number of aromatic hydroxyl groups is 2. The van der Waals surface area contributed by atoms with Gasteiger partial charge in [0.25, 0.3) is 0 Å². The van der Waals surface area contributed by atoms with Crippen LogP contribution in [0.5, 0.6) is 11.5 Å². The van der Waals surface area contributed by atoms with Gasteiger partial charge in [-0.15, -0.1) is 11.3 Å². The van der Waals surface area contributed by atoms with E-state index in [0.717, 1.165) is 21.6 Å². The summed E-state index contributed by atoms with van der Waals surface area (Å²) >= 11 is 1.34. The Balaban J connectivity index is 1.94. The fourth-order valence-corrected chi connectivity index (χ4v) is 3.99. The molecule has 1 saturated heterocycles. The van der Waals surface area contributed by atoms with Crippen LogP contribution in [0.15, 0.2) is 18.2 Å². The number of aromatic nitrogens is 2. The van der Waals surface area contributed by atoms with Crippen LogP contribution in [0.25, 0.3) is 21.6 Å². The molecule has 0 saturated carbocycles. The number of nitriles is 1. The standard InChI is InChI=1S/C18H16N4O3S/c1-10-14(9-19)26-18-15(10)17(22-4-6-25-7-5-22)20-16(21-18)11-2-3-12(23)13(24)8-11/h2-3,8,23-24H,4-7H2,1H3.